The number of benzene rings is 3. The van der Waals surface area contributed by atoms with Crippen LogP contribution in [0.5, 0.6) is 11.5 Å². The number of rotatable bonds is 9. The molecule has 6 nitrogen and oxygen atoms in total. The predicted molar refractivity (Wildman–Crippen MR) is 132 cm³/mol. The van der Waals surface area contributed by atoms with Crippen molar-refractivity contribution in [3.05, 3.63) is 92.4 Å². The lowest BCUT2D eigenvalue weighted by Crippen LogP contribution is -2.19. The fourth-order valence-corrected chi connectivity index (χ4v) is 3.50. The normalized spacial score (nSPS) is 10.6. The number of amides is 1. The molecule has 0 aromatic heterocycles. The number of halogens is 2. The molecular formula is C25H21BrClN3O3. The van der Waals surface area contributed by atoms with E-state index >= 15 is 0 Å². The van der Waals surface area contributed by atoms with Crippen LogP contribution in [0, 0.1) is 11.3 Å². The monoisotopic (exact) mass is 525 g/mol. The molecule has 3 rings (SSSR count). The lowest BCUT2D eigenvalue weighted by Gasteiger charge is -2.14. The third-order valence-electron chi connectivity index (χ3n) is 4.45. The Morgan fingerprint density at radius 1 is 1.15 bits per heavy atom. The van der Waals surface area contributed by atoms with E-state index in [1.54, 1.807) is 30.3 Å². The number of nitrogens with zero attached hydrogens (tertiary/aromatic N) is 2. The zero-order chi connectivity index (χ0) is 23.6. The summed E-state index contributed by atoms with van der Waals surface area (Å²) in [6.45, 7) is 2.51. The van der Waals surface area contributed by atoms with Crippen LogP contribution >= 0.6 is 27.5 Å². The maximum absolute atomic E-state index is 12.1. The molecule has 0 radical (unpaired) electrons. The van der Waals surface area contributed by atoms with Crippen molar-refractivity contribution in [2.45, 2.75) is 20.0 Å². The Labute approximate surface area is 205 Å². The van der Waals surface area contributed by atoms with Gasteiger partial charge in [-0.2, -0.15) is 10.4 Å². The fraction of sp³-hybridized carbons (Fsp3) is 0.160. The van der Waals surface area contributed by atoms with Crippen LogP contribution in [-0.2, 0) is 17.8 Å². The molecule has 0 fully saturated rings. The van der Waals surface area contributed by atoms with Crippen LogP contribution in [0.15, 0.2) is 70.2 Å². The lowest BCUT2D eigenvalue weighted by atomic mass is 10.1. The molecule has 0 spiro atoms. The summed E-state index contributed by atoms with van der Waals surface area (Å²) in [4.78, 5) is 12.1. The molecule has 3 aromatic carbocycles. The molecule has 0 atom stereocenters. The first-order valence-corrected chi connectivity index (χ1v) is 11.3. The topological polar surface area (TPSA) is 83.7 Å². The highest BCUT2D eigenvalue weighted by atomic mass is 79.9. The van der Waals surface area contributed by atoms with Crippen molar-refractivity contribution in [3.8, 4) is 17.6 Å². The van der Waals surface area contributed by atoms with Gasteiger partial charge in [0, 0.05) is 4.47 Å². The smallest absolute Gasteiger partial charge is 0.244 e. The Morgan fingerprint density at radius 3 is 2.67 bits per heavy atom. The van der Waals surface area contributed by atoms with Crippen molar-refractivity contribution in [1.82, 2.24) is 5.43 Å². The van der Waals surface area contributed by atoms with E-state index in [0.29, 0.717) is 34.3 Å². The molecule has 33 heavy (non-hydrogen) atoms. The summed E-state index contributed by atoms with van der Waals surface area (Å²) in [5.41, 5.74) is 5.44. The molecule has 0 aliphatic carbocycles. The molecule has 0 bridgehead atoms. The van der Waals surface area contributed by atoms with E-state index in [9.17, 15) is 4.79 Å². The summed E-state index contributed by atoms with van der Waals surface area (Å²) in [7, 11) is 0. The minimum Gasteiger partial charge on any atom is -0.490 e. The summed E-state index contributed by atoms with van der Waals surface area (Å²) in [6, 6.07) is 20.2. The van der Waals surface area contributed by atoms with Crippen LogP contribution in [0.3, 0.4) is 0 Å². The van der Waals surface area contributed by atoms with Crippen molar-refractivity contribution in [1.29, 1.82) is 5.26 Å². The second-order valence-corrected chi connectivity index (χ2v) is 8.28. The van der Waals surface area contributed by atoms with Crippen LogP contribution in [-0.4, -0.2) is 18.7 Å². The van der Waals surface area contributed by atoms with Gasteiger partial charge in [-0.15, -0.1) is 0 Å². The third-order valence-corrected chi connectivity index (χ3v) is 5.26. The van der Waals surface area contributed by atoms with Crippen molar-refractivity contribution < 1.29 is 14.3 Å². The van der Waals surface area contributed by atoms with Gasteiger partial charge in [-0.1, -0.05) is 51.8 Å². The van der Waals surface area contributed by atoms with Gasteiger partial charge in [0.05, 0.1) is 35.9 Å². The van der Waals surface area contributed by atoms with Crippen LogP contribution < -0.4 is 14.9 Å². The standard InChI is InChI=1S/C25H21BrClN3O3/c1-2-32-23-12-20(15-29-30-24(31)13-17-6-8-21(26)9-7-17)11-22(27)25(23)33-16-19-5-3-4-18(10-19)14-28/h3-12,15H,2,13,16H2,1H3,(H,30,31)/b29-15-. The van der Waals surface area contributed by atoms with Crippen LogP contribution in [0.1, 0.15) is 29.2 Å². The van der Waals surface area contributed by atoms with E-state index in [2.05, 4.69) is 32.5 Å². The first kappa shape index (κ1) is 24.3. The molecule has 8 heteroatoms. The molecule has 0 saturated carbocycles. The average Bonchev–Trinajstić information content (AvgIpc) is 2.80. The van der Waals surface area contributed by atoms with Gasteiger partial charge in [-0.05, 0) is 60.0 Å². The van der Waals surface area contributed by atoms with Gasteiger partial charge in [0.2, 0.25) is 5.91 Å². The number of hydrazone groups is 1. The van der Waals surface area contributed by atoms with Gasteiger partial charge in [0.1, 0.15) is 6.61 Å². The van der Waals surface area contributed by atoms with Gasteiger partial charge >= 0.3 is 0 Å². The van der Waals surface area contributed by atoms with Gasteiger partial charge in [-0.3, -0.25) is 4.79 Å². The Bertz CT molecular complexity index is 1190. The Hall–Kier alpha value is -3.34. The van der Waals surface area contributed by atoms with E-state index in [-0.39, 0.29) is 18.9 Å². The van der Waals surface area contributed by atoms with E-state index in [1.807, 2.05) is 37.3 Å². The number of ether oxygens (including phenoxy) is 2. The van der Waals surface area contributed by atoms with Gasteiger partial charge in [0.25, 0.3) is 0 Å². The molecule has 1 amide bonds. The molecule has 3 aromatic rings. The average molecular weight is 527 g/mol. The van der Waals surface area contributed by atoms with Gasteiger partial charge in [-0.25, -0.2) is 5.43 Å². The van der Waals surface area contributed by atoms with Crippen molar-refractivity contribution in [3.63, 3.8) is 0 Å². The molecule has 0 aliphatic heterocycles. The highest BCUT2D eigenvalue weighted by Crippen LogP contribution is 2.37. The second kappa shape index (κ2) is 12.0. The molecule has 0 saturated heterocycles. The highest BCUT2D eigenvalue weighted by molar-refractivity contribution is 9.10. The fourth-order valence-electron chi connectivity index (χ4n) is 2.96. The maximum Gasteiger partial charge on any atom is 0.244 e. The molecule has 1 N–H and O–H groups in total. The Balaban J connectivity index is 1.67. The summed E-state index contributed by atoms with van der Waals surface area (Å²) >= 11 is 9.82. The minimum atomic E-state index is -0.232. The summed E-state index contributed by atoms with van der Waals surface area (Å²) in [5.74, 6) is 0.630. The minimum absolute atomic E-state index is 0.218. The third kappa shape index (κ3) is 7.35. The largest absolute Gasteiger partial charge is 0.490 e. The number of hydrogen-bond donors (Lipinski definition) is 1. The summed E-state index contributed by atoms with van der Waals surface area (Å²) in [5, 5.41) is 13.4. The van der Waals surface area contributed by atoms with Gasteiger partial charge in [0.15, 0.2) is 11.5 Å². The number of hydrogen-bond acceptors (Lipinski definition) is 5. The molecule has 0 aliphatic rings. The number of nitriles is 1. The Morgan fingerprint density at radius 2 is 1.94 bits per heavy atom. The Kier molecular flexibility index (Phi) is 8.87. The summed E-state index contributed by atoms with van der Waals surface area (Å²) in [6.07, 6.45) is 1.71. The van der Waals surface area contributed by atoms with Crippen LogP contribution in [0.4, 0.5) is 0 Å². The summed E-state index contributed by atoms with van der Waals surface area (Å²) < 4.78 is 12.5. The SMILES string of the molecule is CCOc1cc(/C=N\NC(=O)Cc2ccc(Br)cc2)cc(Cl)c1OCc1cccc(C#N)c1. The van der Waals surface area contributed by atoms with E-state index in [4.69, 9.17) is 26.3 Å². The van der Waals surface area contributed by atoms with Crippen LogP contribution in [0.2, 0.25) is 5.02 Å². The molecule has 0 heterocycles. The highest BCUT2D eigenvalue weighted by Gasteiger charge is 2.13. The van der Waals surface area contributed by atoms with E-state index in [1.165, 1.54) is 6.21 Å². The van der Waals surface area contributed by atoms with E-state index < -0.39 is 0 Å². The number of nitrogens with one attached hydrogen (secondary N) is 1. The second-order valence-electron chi connectivity index (χ2n) is 6.96. The zero-order valence-electron chi connectivity index (χ0n) is 17.8. The zero-order valence-corrected chi connectivity index (χ0v) is 20.2. The van der Waals surface area contributed by atoms with Gasteiger partial charge < -0.3 is 9.47 Å². The van der Waals surface area contributed by atoms with Crippen molar-refractivity contribution in [2.75, 3.05) is 6.61 Å². The number of carbonyl (C=O) groups is 1. The van der Waals surface area contributed by atoms with Crippen molar-refractivity contribution >= 4 is 39.7 Å². The maximum atomic E-state index is 12.1. The quantitative estimate of drug-likeness (QED) is 0.289. The van der Waals surface area contributed by atoms with E-state index in [0.717, 1.165) is 15.6 Å². The molecule has 0 unspecified atom stereocenters. The van der Waals surface area contributed by atoms with Crippen molar-refractivity contribution in [2.24, 2.45) is 5.10 Å². The molecule has 168 valence electrons. The first-order valence-electron chi connectivity index (χ1n) is 10.1. The van der Waals surface area contributed by atoms with Crippen LogP contribution in [0.25, 0.3) is 0 Å². The first-order chi connectivity index (χ1) is 16.0. The lowest BCUT2D eigenvalue weighted by molar-refractivity contribution is -0.120. The number of carbonyl (C=O) groups excluding carboxylic acids is 1. The molecular weight excluding hydrogens is 506 g/mol. The predicted octanol–water partition coefficient (Wildman–Crippen LogP) is 5.64.